The van der Waals surface area contributed by atoms with Crippen LogP contribution in [0.1, 0.15) is 11.1 Å². The maximum absolute atomic E-state index is 13.5. The molecule has 0 saturated carbocycles. The lowest BCUT2D eigenvalue weighted by Gasteiger charge is -2.10. The van der Waals surface area contributed by atoms with E-state index in [4.69, 9.17) is 0 Å². The van der Waals surface area contributed by atoms with Crippen molar-refractivity contribution >= 4 is 21.6 Å². The Balaban J connectivity index is 2.10. The molecule has 2 rings (SSSR count). The number of aryl methyl sites for hydroxylation is 1. The highest BCUT2D eigenvalue weighted by atomic mass is 79.9. The molecule has 0 fully saturated rings. The first-order valence-electron chi connectivity index (χ1n) is 5.40. The fourth-order valence-corrected chi connectivity index (χ4v) is 1.91. The molecule has 2 aromatic rings. The summed E-state index contributed by atoms with van der Waals surface area (Å²) in [7, 11) is 0. The Labute approximate surface area is 109 Å². The summed E-state index contributed by atoms with van der Waals surface area (Å²) in [5, 5.41) is 3.13. The van der Waals surface area contributed by atoms with Gasteiger partial charge < -0.3 is 5.32 Å². The summed E-state index contributed by atoms with van der Waals surface area (Å²) in [6, 6.07) is 13.1. The van der Waals surface area contributed by atoms with E-state index < -0.39 is 0 Å². The summed E-state index contributed by atoms with van der Waals surface area (Å²) < 4.78 is 14.6. The van der Waals surface area contributed by atoms with Crippen LogP contribution in [0.2, 0.25) is 0 Å². The van der Waals surface area contributed by atoms with E-state index in [9.17, 15) is 4.39 Å². The van der Waals surface area contributed by atoms with Crippen molar-refractivity contribution < 1.29 is 4.39 Å². The van der Waals surface area contributed by atoms with E-state index in [-0.39, 0.29) is 5.82 Å². The fourth-order valence-electron chi connectivity index (χ4n) is 1.65. The van der Waals surface area contributed by atoms with Crippen molar-refractivity contribution in [2.45, 2.75) is 13.5 Å². The summed E-state index contributed by atoms with van der Waals surface area (Å²) in [5.74, 6) is -0.206. The van der Waals surface area contributed by atoms with E-state index >= 15 is 0 Å². The molecule has 17 heavy (non-hydrogen) atoms. The van der Waals surface area contributed by atoms with Crippen molar-refractivity contribution in [2.75, 3.05) is 5.32 Å². The van der Waals surface area contributed by atoms with Gasteiger partial charge in [-0.1, -0.05) is 40.2 Å². The van der Waals surface area contributed by atoms with Crippen molar-refractivity contribution in [3.63, 3.8) is 0 Å². The molecule has 0 aliphatic carbocycles. The van der Waals surface area contributed by atoms with E-state index in [0.29, 0.717) is 12.2 Å². The van der Waals surface area contributed by atoms with Crippen LogP contribution in [0.25, 0.3) is 0 Å². The Bertz CT molecular complexity index is 488. The van der Waals surface area contributed by atoms with E-state index in [1.807, 2.05) is 37.3 Å². The highest BCUT2D eigenvalue weighted by molar-refractivity contribution is 9.10. The SMILES string of the molecule is Cc1cccc(F)c1NCc1ccc(Br)cc1. The first kappa shape index (κ1) is 12.1. The van der Waals surface area contributed by atoms with Crippen LogP contribution in [0.4, 0.5) is 10.1 Å². The van der Waals surface area contributed by atoms with Gasteiger partial charge >= 0.3 is 0 Å². The third-order valence-electron chi connectivity index (χ3n) is 2.60. The lowest BCUT2D eigenvalue weighted by atomic mass is 10.1. The highest BCUT2D eigenvalue weighted by Gasteiger charge is 2.04. The van der Waals surface area contributed by atoms with E-state index in [0.717, 1.165) is 15.6 Å². The number of rotatable bonds is 3. The molecule has 0 aliphatic rings. The molecule has 0 unspecified atom stereocenters. The van der Waals surface area contributed by atoms with Gasteiger partial charge in [-0.25, -0.2) is 4.39 Å². The second kappa shape index (κ2) is 5.32. The lowest BCUT2D eigenvalue weighted by Crippen LogP contribution is -2.03. The summed E-state index contributed by atoms with van der Waals surface area (Å²) in [6.45, 7) is 2.52. The summed E-state index contributed by atoms with van der Waals surface area (Å²) in [6.07, 6.45) is 0. The zero-order valence-electron chi connectivity index (χ0n) is 9.50. The topological polar surface area (TPSA) is 12.0 Å². The van der Waals surface area contributed by atoms with Gasteiger partial charge in [0.25, 0.3) is 0 Å². The van der Waals surface area contributed by atoms with Crippen molar-refractivity contribution in [1.29, 1.82) is 0 Å². The van der Waals surface area contributed by atoms with E-state index in [2.05, 4.69) is 21.2 Å². The predicted molar refractivity (Wildman–Crippen MR) is 72.6 cm³/mol. The van der Waals surface area contributed by atoms with Crippen LogP contribution in [0.3, 0.4) is 0 Å². The number of benzene rings is 2. The van der Waals surface area contributed by atoms with Crippen LogP contribution in [0.15, 0.2) is 46.9 Å². The molecule has 0 spiro atoms. The van der Waals surface area contributed by atoms with Gasteiger partial charge in [-0.3, -0.25) is 0 Å². The Kier molecular flexibility index (Phi) is 3.79. The van der Waals surface area contributed by atoms with Gasteiger partial charge in [0.05, 0.1) is 5.69 Å². The van der Waals surface area contributed by atoms with Gasteiger partial charge in [-0.05, 0) is 36.2 Å². The molecule has 0 amide bonds. The molecular weight excluding hydrogens is 281 g/mol. The normalized spacial score (nSPS) is 10.3. The first-order chi connectivity index (χ1) is 8.16. The quantitative estimate of drug-likeness (QED) is 0.878. The average molecular weight is 294 g/mol. The monoisotopic (exact) mass is 293 g/mol. The standard InChI is InChI=1S/C14H13BrFN/c1-10-3-2-4-13(16)14(10)17-9-11-5-7-12(15)8-6-11/h2-8,17H,9H2,1H3. The molecule has 1 nitrogen and oxygen atoms in total. The second-order valence-corrected chi connectivity index (χ2v) is 4.83. The molecule has 88 valence electrons. The van der Waals surface area contributed by atoms with E-state index in [1.54, 1.807) is 6.07 Å². The third kappa shape index (κ3) is 3.07. The highest BCUT2D eigenvalue weighted by Crippen LogP contribution is 2.20. The van der Waals surface area contributed by atoms with Crippen molar-refractivity contribution in [2.24, 2.45) is 0 Å². The van der Waals surface area contributed by atoms with Crippen molar-refractivity contribution in [3.05, 3.63) is 63.9 Å². The number of para-hydroxylation sites is 1. The van der Waals surface area contributed by atoms with Crippen LogP contribution >= 0.6 is 15.9 Å². The van der Waals surface area contributed by atoms with Gasteiger partial charge in [0.15, 0.2) is 0 Å². The third-order valence-corrected chi connectivity index (χ3v) is 3.13. The Morgan fingerprint density at radius 2 is 1.82 bits per heavy atom. The van der Waals surface area contributed by atoms with Gasteiger partial charge in [-0.2, -0.15) is 0 Å². The van der Waals surface area contributed by atoms with E-state index in [1.165, 1.54) is 6.07 Å². The second-order valence-electron chi connectivity index (χ2n) is 3.91. The maximum Gasteiger partial charge on any atom is 0.146 e. The minimum Gasteiger partial charge on any atom is -0.378 e. The lowest BCUT2D eigenvalue weighted by molar-refractivity contribution is 0.629. The molecule has 0 heterocycles. The zero-order chi connectivity index (χ0) is 12.3. The fraction of sp³-hybridized carbons (Fsp3) is 0.143. The van der Waals surface area contributed by atoms with Gasteiger partial charge in [0, 0.05) is 11.0 Å². The number of hydrogen-bond donors (Lipinski definition) is 1. The average Bonchev–Trinajstić information content (AvgIpc) is 2.31. The van der Waals surface area contributed by atoms with Crippen LogP contribution in [0.5, 0.6) is 0 Å². The molecule has 0 radical (unpaired) electrons. The van der Waals surface area contributed by atoms with Crippen molar-refractivity contribution in [1.82, 2.24) is 0 Å². The van der Waals surface area contributed by atoms with Crippen LogP contribution in [-0.4, -0.2) is 0 Å². The number of halogens is 2. The number of anilines is 1. The van der Waals surface area contributed by atoms with Crippen LogP contribution in [-0.2, 0) is 6.54 Å². The smallest absolute Gasteiger partial charge is 0.146 e. The molecule has 0 aromatic heterocycles. The van der Waals surface area contributed by atoms with Crippen molar-refractivity contribution in [3.8, 4) is 0 Å². The Morgan fingerprint density at radius 1 is 1.12 bits per heavy atom. The largest absolute Gasteiger partial charge is 0.378 e. The number of nitrogens with one attached hydrogen (secondary N) is 1. The molecular formula is C14H13BrFN. The maximum atomic E-state index is 13.5. The Morgan fingerprint density at radius 3 is 2.47 bits per heavy atom. The molecule has 3 heteroatoms. The predicted octanol–water partition coefficient (Wildman–Crippen LogP) is 4.51. The molecule has 0 aliphatic heterocycles. The van der Waals surface area contributed by atoms with Crippen LogP contribution < -0.4 is 5.32 Å². The number of hydrogen-bond acceptors (Lipinski definition) is 1. The zero-order valence-corrected chi connectivity index (χ0v) is 11.1. The minimum atomic E-state index is -0.206. The summed E-state index contributed by atoms with van der Waals surface area (Å²) in [4.78, 5) is 0. The van der Waals surface area contributed by atoms with Crippen LogP contribution in [0, 0.1) is 12.7 Å². The molecule has 0 saturated heterocycles. The van der Waals surface area contributed by atoms with Gasteiger partial charge in [-0.15, -0.1) is 0 Å². The summed E-state index contributed by atoms with van der Waals surface area (Å²) in [5.41, 5.74) is 2.62. The van der Waals surface area contributed by atoms with Gasteiger partial charge in [0.2, 0.25) is 0 Å². The molecule has 2 aromatic carbocycles. The first-order valence-corrected chi connectivity index (χ1v) is 6.19. The summed E-state index contributed by atoms with van der Waals surface area (Å²) >= 11 is 3.38. The Hall–Kier alpha value is -1.35. The molecule has 1 N–H and O–H groups in total. The van der Waals surface area contributed by atoms with Gasteiger partial charge in [0.1, 0.15) is 5.82 Å². The molecule has 0 bridgehead atoms. The minimum absolute atomic E-state index is 0.206. The molecule has 0 atom stereocenters.